The second-order valence-corrected chi connectivity index (χ2v) is 5.72. The first-order valence-electron chi connectivity index (χ1n) is 8.50. The smallest absolute Gasteiger partial charge is 0.108 e. The van der Waals surface area contributed by atoms with E-state index in [1.54, 1.807) is 0 Å². The predicted molar refractivity (Wildman–Crippen MR) is 92.4 cm³/mol. The second kappa shape index (κ2) is 11.3. The molecule has 0 bridgehead atoms. The number of benzene rings is 1. The summed E-state index contributed by atoms with van der Waals surface area (Å²) in [6, 6.07) is 7.67. The van der Waals surface area contributed by atoms with E-state index in [-0.39, 0.29) is 0 Å². The van der Waals surface area contributed by atoms with Crippen molar-refractivity contribution in [1.82, 2.24) is 0 Å². The largest absolute Gasteiger partial charge is 0.372 e. The first-order valence-corrected chi connectivity index (χ1v) is 8.50. The lowest BCUT2D eigenvalue weighted by molar-refractivity contribution is 0.609. The predicted octanol–water partition coefficient (Wildman–Crippen LogP) is 6.05. The lowest BCUT2D eigenvalue weighted by Gasteiger charge is -2.25. The van der Waals surface area contributed by atoms with Crippen molar-refractivity contribution in [3.63, 3.8) is 0 Å². The highest BCUT2D eigenvalue weighted by molar-refractivity contribution is 5.52. The Balaban J connectivity index is 2.53. The summed E-state index contributed by atoms with van der Waals surface area (Å²) < 4.78 is 0. The summed E-state index contributed by atoms with van der Waals surface area (Å²) in [4.78, 5) is 13.0. The lowest BCUT2D eigenvalue weighted by Crippen LogP contribution is -2.25. The van der Waals surface area contributed by atoms with Gasteiger partial charge in [0.15, 0.2) is 0 Å². The van der Waals surface area contributed by atoms with Crippen molar-refractivity contribution in [3.8, 4) is 0 Å². The van der Waals surface area contributed by atoms with E-state index in [1.807, 2.05) is 24.3 Å². The Kier molecular flexibility index (Phi) is 9.51. The van der Waals surface area contributed by atoms with Crippen LogP contribution in [-0.2, 0) is 0 Å². The third-order valence-corrected chi connectivity index (χ3v) is 3.88. The highest BCUT2D eigenvalue weighted by Gasteiger charge is 2.06. The van der Waals surface area contributed by atoms with Gasteiger partial charge in [-0.3, -0.25) is 0 Å². The fraction of sp³-hybridized carbons (Fsp3) is 0.667. The van der Waals surface area contributed by atoms with Crippen molar-refractivity contribution in [2.24, 2.45) is 5.18 Å². The molecule has 0 aliphatic carbocycles. The van der Waals surface area contributed by atoms with Crippen LogP contribution in [0.3, 0.4) is 0 Å². The molecular formula is C18H30N2O. The molecule has 3 nitrogen and oxygen atoms in total. The number of nitroso groups, excluding NO2 is 1. The van der Waals surface area contributed by atoms with Gasteiger partial charge in [0.1, 0.15) is 5.69 Å². The molecule has 0 fully saturated rings. The normalized spacial score (nSPS) is 10.6. The van der Waals surface area contributed by atoms with Crippen LogP contribution < -0.4 is 4.90 Å². The minimum Gasteiger partial charge on any atom is -0.372 e. The van der Waals surface area contributed by atoms with Gasteiger partial charge in [-0.15, -0.1) is 4.91 Å². The molecule has 0 aromatic heterocycles. The monoisotopic (exact) mass is 290 g/mol. The summed E-state index contributed by atoms with van der Waals surface area (Å²) in [6.45, 7) is 6.71. The fourth-order valence-electron chi connectivity index (χ4n) is 2.55. The van der Waals surface area contributed by atoms with Crippen molar-refractivity contribution < 1.29 is 0 Å². The molecule has 0 unspecified atom stereocenters. The zero-order valence-corrected chi connectivity index (χ0v) is 13.7. The molecule has 0 aliphatic rings. The summed E-state index contributed by atoms with van der Waals surface area (Å²) in [7, 11) is 0. The van der Waals surface area contributed by atoms with Crippen LogP contribution in [0.5, 0.6) is 0 Å². The van der Waals surface area contributed by atoms with Gasteiger partial charge in [-0.05, 0) is 42.3 Å². The maximum absolute atomic E-state index is 10.5. The Labute approximate surface area is 129 Å². The van der Waals surface area contributed by atoms with E-state index in [9.17, 15) is 4.91 Å². The van der Waals surface area contributed by atoms with E-state index in [0.717, 1.165) is 13.1 Å². The van der Waals surface area contributed by atoms with Crippen LogP contribution in [0.15, 0.2) is 29.4 Å². The second-order valence-electron chi connectivity index (χ2n) is 5.72. The number of anilines is 1. The van der Waals surface area contributed by atoms with Gasteiger partial charge in [-0.1, -0.05) is 52.4 Å². The Morgan fingerprint density at radius 3 is 1.76 bits per heavy atom. The molecule has 1 aromatic rings. The van der Waals surface area contributed by atoms with Gasteiger partial charge < -0.3 is 4.90 Å². The number of rotatable bonds is 12. The standard InChI is InChI=1S/C18H30N2O/c1-3-5-7-9-15-20(16-10-8-6-4-2)18-13-11-17(19-21)12-14-18/h11-14H,3-10,15-16H2,1-2H3. The maximum atomic E-state index is 10.5. The Hall–Kier alpha value is -1.38. The number of nitrogens with zero attached hydrogens (tertiary/aromatic N) is 2. The molecule has 0 radical (unpaired) electrons. The van der Waals surface area contributed by atoms with Crippen LogP contribution in [0.1, 0.15) is 65.2 Å². The molecule has 0 saturated heterocycles. The molecule has 118 valence electrons. The topological polar surface area (TPSA) is 32.7 Å². The number of hydrogen-bond donors (Lipinski definition) is 0. The average Bonchev–Trinajstić information content (AvgIpc) is 2.53. The third-order valence-electron chi connectivity index (χ3n) is 3.88. The zero-order chi connectivity index (χ0) is 15.3. The number of unbranched alkanes of at least 4 members (excludes halogenated alkanes) is 6. The Morgan fingerprint density at radius 2 is 1.33 bits per heavy atom. The van der Waals surface area contributed by atoms with Gasteiger partial charge in [-0.2, -0.15) is 0 Å². The van der Waals surface area contributed by atoms with Crippen LogP contribution in [0.2, 0.25) is 0 Å². The maximum Gasteiger partial charge on any atom is 0.108 e. The molecule has 0 atom stereocenters. The van der Waals surface area contributed by atoms with Crippen LogP contribution >= 0.6 is 0 Å². The molecule has 0 aliphatic heterocycles. The molecule has 0 spiro atoms. The van der Waals surface area contributed by atoms with Crippen LogP contribution in [0, 0.1) is 4.91 Å². The van der Waals surface area contributed by atoms with E-state index >= 15 is 0 Å². The highest BCUT2D eigenvalue weighted by atomic mass is 16.3. The molecule has 1 aromatic carbocycles. The molecule has 0 heterocycles. The zero-order valence-electron chi connectivity index (χ0n) is 13.7. The molecule has 0 saturated carbocycles. The first-order chi connectivity index (χ1) is 10.3. The minimum atomic E-state index is 0.510. The van der Waals surface area contributed by atoms with Crippen molar-refractivity contribution in [1.29, 1.82) is 0 Å². The molecule has 21 heavy (non-hydrogen) atoms. The molecule has 0 N–H and O–H groups in total. The van der Waals surface area contributed by atoms with Crippen molar-refractivity contribution in [2.45, 2.75) is 65.2 Å². The van der Waals surface area contributed by atoms with Crippen molar-refractivity contribution in [2.75, 3.05) is 18.0 Å². The van der Waals surface area contributed by atoms with Gasteiger partial charge in [-0.25, -0.2) is 0 Å². The molecule has 3 heteroatoms. The summed E-state index contributed by atoms with van der Waals surface area (Å²) in [6.07, 6.45) is 10.3. The van der Waals surface area contributed by atoms with Crippen molar-refractivity contribution >= 4 is 11.4 Å². The fourth-order valence-corrected chi connectivity index (χ4v) is 2.55. The van der Waals surface area contributed by atoms with Crippen molar-refractivity contribution in [3.05, 3.63) is 29.2 Å². The SMILES string of the molecule is CCCCCCN(CCCCCC)c1ccc(N=O)cc1. The van der Waals surface area contributed by atoms with Gasteiger partial charge in [0.05, 0.1) is 0 Å². The Bertz CT molecular complexity index is 363. The Morgan fingerprint density at radius 1 is 0.810 bits per heavy atom. The van der Waals surface area contributed by atoms with E-state index in [4.69, 9.17) is 0 Å². The van der Waals surface area contributed by atoms with Crippen LogP contribution in [0.4, 0.5) is 11.4 Å². The number of hydrogen-bond acceptors (Lipinski definition) is 3. The quantitative estimate of drug-likeness (QED) is 0.346. The summed E-state index contributed by atoms with van der Waals surface area (Å²) in [5.74, 6) is 0. The molecule has 0 amide bonds. The van der Waals surface area contributed by atoms with Gasteiger partial charge in [0.2, 0.25) is 0 Å². The molecule has 1 rings (SSSR count). The van der Waals surface area contributed by atoms with Crippen LogP contribution in [0.25, 0.3) is 0 Å². The highest BCUT2D eigenvalue weighted by Crippen LogP contribution is 2.21. The third kappa shape index (κ3) is 7.26. The van der Waals surface area contributed by atoms with Crippen LogP contribution in [-0.4, -0.2) is 13.1 Å². The average molecular weight is 290 g/mol. The summed E-state index contributed by atoms with van der Waals surface area (Å²) >= 11 is 0. The first kappa shape index (κ1) is 17.7. The van der Waals surface area contributed by atoms with Gasteiger partial charge in [0.25, 0.3) is 0 Å². The van der Waals surface area contributed by atoms with E-state index in [1.165, 1.54) is 57.1 Å². The summed E-state index contributed by atoms with van der Waals surface area (Å²) in [5, 5.41) is 2.98. The molecular weight excluding hydrogens is 260 g/mol. The van der Waals surface area contributed by atoms with E-state index in [0.29, 0.717) is 5.69 Å². The van der Waals surface area contributed by atoms with E-state index < -0.39 is 0 Å². The summed E-state index contributed by atoms with van der Waals surface area (Å²) in [5.41, 5.74) is 1.73. The minimum absolute atomic E-state index is 0.510. The van der Waals surface area contributed by atoms with E-state index in [2.05, 4.69) is 23.9 Å². The van der Waals surface area contributed by atoms with Gasteiger partial charge >= 0.3 is 0 Å². The van der Waals surface area contributed by atoms with Gasteiger partial charge in [0, 0.05) is 18.8 Å². The lowest BCUT2D eigenvalue weighted by atomic mass is 10.1.